The Morgan fingerprint density at radius 1 is 0.406 bits per heavy atom. The molecule has 0 spiro atoms. The molecule has 0 radical (unpaired) electrons. The standard InChI is InChI=1S/C25H20N2.C25H18N2.C13H12N2/c2*1-26-22-13-7-5-11-18(22)20-15-16-21-19-12-6-8-14-23(19)27(25(21)24(20)26)17-9-3-2-4-10-17;14-13(15)12-8-6-11(7-9-12)10-4-2-1-3-5-10/h2-5,7-11,13-16H,6,12H2,1H3;2-16H,1H3;1-9H,(H3,14,15). The minimum Gasteiger partial charge on any atom is -0.384 e. The number of allylic oxidation sites excluding steroid dienone is 1. The number of fused-ring (bicyclic) bond motifs is 14. The lowest BCUT2D eigenvalue weighted by Gasteiger charge is -2.12. The Hall–Kier alpha value is -8.87. The second kappa shape index (κ2) is 17.1. The quantitative estimate of drug-likeness (QED) is 0.134. The third kappa shape index (κ3) is 6.91. The summed E-state index contributed by atoms with van der Waals surface area (Å²) in [6.45, 7) is 0. The molecule has 6 nitrogen and oxygen atoms in total. The van der Waals surface area contributed by atoms with E-state index in [1.54, 1.807) is 0 Å². The lowest BCUT2D eigenvalue weighted by atomic mass is 10.00. The highest BCUT2D eigenvalue weighted by molar-refractivity contribution is 6.23. The molecule has 1 aliphatic rings. The van der Waals surface area contributed by atoms with Crippen LogP contribution in [0.1, 0.15) is 23.2 Å². The summed E-state index contributed by atoms with van der Waals surface area (Å²) in [6, 6.07) is 74.5. The van der Waals surface area contributed by atoms with Crippen molar-refractivity contribution < 1.29 is 0 Å². The summed E-state index contributed by atoms with van der Waals surface area (Å²) in [5.41, 5.74) is 22.7. The van der Waals surface area contributed by atoms with E-state index in [-0.39, 0.29) is 5.84 Å². The largest absolute Gasteiger partial charge is 0.384 e. The van der Waals surface area contributed by atoms with Crippen molar-refractivity contribution in [3.05, 3.63) is 235 Å². The molecule has 0 aliphatic heterocycles. The van der Waals surface area contributed by atoms with Crippen molar-refractivity contribution in [3.63, 3.8) is 0 Å². The minimum absolute atomic E-state index is 0.106. The van der Waals surface area contributed by atoms with E-state index in [4.69, 9.17) is 11.1 Å². The van der Waals surface area contributed by atoms with Gasteiger partial charge in [0.2, 0.25) is 0 Å². The molecule has 0 atom stereocenters. The number of nitrogen functional groups attached to an aromatic ring is 1. The fourth-order valence-corrected chi connectivity index (χ4v) is 10.8. The fraction of sp³-hybridized carbons (Fsp3) is 0.0635. The molecule has 0 fully saturated rings. The molecule has 0 amide bonds. The number of amidine groups is 1. The van der Waals surface area contributed by atoms with E-state index in [1.807, 2.05) is 42.5 Å². The molecule has 0 unspecified atom stereocenters. The smallest absolute Gasteiger partial charge is 0.122 e. The predicted octanol–water partition coefficient (Wildman–Crippen LogP) is 15.3. The third-order valence-corrected chi connectivity index (χ3v) is 14.0. The van der Waals surface area contributed by atoms with Crippen molar-refractivity contribution in [2.45, 2.75) is 12.8 Å². The highest BCUT2D eigenvalue weighted by Gasteiger charge is 2.23. The molecule has 69 heavy (non-hydrogen) atoms. The van der Waals surface area contributed by atoms with Crippen molar-refractivity contribution in [2.24, 2.45) is 19.8 Å². The Labute approximate surface area is 400 Å². The number of aromatic nitrogens is 4. The summed E-state index contributed by atoms with van der Waals surface area (Å²) < 4.78 is 9.57. The minimum atomic E-state index is 0.106. The summed E-state index contributed by atoms with van der Waals surface area (Å²) in [4.78, 5) is 0. The summed E-state index contributed by atoms with van der Waals surface area (Å²) in [7, 11) is 4.37. The van der Waals surface area contributed by atoms with Gasteiger partial charge in [-0.2, -0.15) is 0 Å². The highest BCUT2D eigenvalue weighted by atomic mass is 15.0. The Balaban J connectivity index is 0.000000112. The predicted molar refractivity (Wildman–Crippen MR) is 292 cm³/mol. The number of nitrogens with two attached hydrogens (primary N) is 1. The van der Waals surface area contributed by atoms with Gasteiger partial charge in [-0.05, 0) is 78.1 Å². The average molecular weight is 891 g/mol. The molecule has 0 saturated heterocycles. The molecule has 1 aliphatic carbocycles. The van der Waals surface area contributed by atoms with Gasteiger partial charge in [-0.15, -0.1) is 0 Å². The van der Waals surface area contributed by atoms with Crippen LogP contribution in [0, 0.1) is 5.41 Å². The van der Waals surface area contributed by atoms with Crippen LogP contribution in [0.25, 0.3) is 105 Å². The van der Waals surface area contributed by atoms with E-state index in [2.05, 4.69) is 214 Å². The summed E-state index contributed by atoms with van der Waals surface area (Å²) in [5.74, 6) is 0.106. The van der Waals surface area contributed by atoms with Gasteiger partial charge in [0.1, 0.15) is 5.84 Å². The molecule has 0 saturated carbocycles. The van der Waals surface area contributed by atoms with Crippen molar-refractivity contribution >= 4 is 88.2 Å². The topological polar surface area (TPSA) is 69.6 Å². The van der Waals surface area contributed by atoms with Crippen LogP contribution in [-0.4, -0.2) is 24.1 Å². The molecule has 14 rings (SSSR count). The first-order valence-corrected chi connectivity index (χ1v) is 23.7. The average Bonchev–Trinajstić information content (AvgIpc) is 4.12. The Morgan fingerprint density at radius 2 is 0.826 bits per heavy atom. The lowest BCUT2D eigenvalue weighted by Crippen LogP contribution is -2.10. The molecular formula is C63H50N6. The molecule has 6 heteroatoms. The summed E-state index contributed by atoms with van der Waals surface area (Å²) >= 11 is 0. The number of hydrogen-bond donors (Lipinski definition) is 2. The molecule has 4 aromatic heterocycles. The number of nitrogens with one attached hydrogen (secondary N) is 1. The first-order valence-electron chi connectivity index (χ1n) is 23.7. The maximum absolute atomic E-state index is 7.29. The van der Waals surface area contributed by atoms with Gasteiger partial charge in [-0.3, -0.25) is 5.41 Å². The second-order valence-electron chi connectivity index (χ2n) is 17.9. The van der Waals surface area contributed by atoms with Gasteiger partial charge in [0.05, 0.1) is 27.6 Å². The Bertz CT molecular complexity index is 4090. The van der Waals surface area contributed by atoms with Gasteiger partial charge in [0, 0.05) is 85.5 Å². The summed E-state index contributed by atoms with van der Waals surface area (Å²) in [5, 5.41) is 16.5. The van der Waals surface area contributed by atoms with Crippen LogP contribution in [0.4, 0.5) is 0 Å². The van der Waals surface area contributed by atoms with Crippen LogP contribution in [0.2, 0.25) is 0 Å². The zero-order chi connectivity index (χ0) is 46.6. The first kappa shape index (κ1) is 41.6. The Morgan fingerprint density at radius 3 is 1.38 bits per heavy atom. The zero-order valence-corrected chi connectivity index (χ0v) is 38.6. The van der Waals surface area contributed by atoms with E-state index in [0.29, 0.717) is 0 Å². The zero-order valence-electron chi connectivity index (χ0n) is 38.6. The number of aryl methyl sites for hydroxylation is 3. The molecular weight excluding hydrogens is 841 g/mol. The number of nitrogens with zero attached hydrogens (tertiary/aromatic N) is 4. The van der Waals surface area contributed by atoms with Crippen molar-refractivity contribution in [2.75, 3.05) is 0 Å². The molecule has 9 aromatic carbocycles. The van der Waals surface area contributed by atoms with Gasteiger partial charge < -0.3 is 24.0 Å². The second-order valence-corrected chi connectivity index (χ2v) is 17.9. The molecule has 332 valence electrons. The lowest BCUT2D eigenvalue weighted by molar-refractivity contribution is 0.965. The van der Waals surface area contributed by atoms with Crippen molar-refractivity contribution in [3.8, 4) is 22.5 Å². The van der Waals surface area contributed by atoms with Gasteiger partial charge in [-0.25, -0.2) is 0 Å². The van der Waals surface area contributed by atoms with Crippen LogP contribution >= 0.6 is 0 Å². The van der Waals surface area contributed by atoms with E-state index < -0.39 is 0 Å². The van der Waals surface area contributed by atoms with Crippen LogP contribution in [0.3, 0.4) is 0 Å². The maximum atomic E-state index is 7.29. The maximum Gasteiger partial charge on any atom is 0.122 e. The van der Waals surface area contributed by atoms with Gasteiger partial charge in [0.25, 0.3) is 0 Å². The van der Waals surface area contributed by atoms with E-state index in [9.17, 15) is 0 Å². The van der Waals surface area contributed by atoms with Crippen LogP contribution < -0.4 is 5.73 Å². The van der Waals surface area contributed by atoms with Crippen LogP contribution in [-0.2, 0) is 20.5 Å². The van der Waals surface area contributed by atoms with E-state index in [0.717, 1.165) is 24.0 Å². The number of hydrogen-bond acceptors (Lipinski definition) is 1. The van der Waals surface area contributed by atoms with E-state index in [1.165, 1.54) is 105 Å². The molecule has 3 N–H and O–H groups in total. The highest BCUT2D eigenvalue weighted by Crippen LogP contribution is 2.42. The third-order valence-electron chi connectivity index (χ3n) is 14.0. The number of rotatable bonds is 4. The first-order chi connectivity index (χ1) is 34.0. The van der Waals surface area contributed by atoms with Gasteiger partial charge >= 0.3 is 0 Å². The van der Waals surface area contributed by atoms with Crippen molar-refractivity contribution in [1.29, 1.82) is 5.41 Å². The molecule has 13 aromatic rings. The SMILES string of the molecule is Cn1c2ccccc2c2ccc3c4c(n(-c5ccccc5)c3c21)C=CCC4.Cn1c2ccccc2c2ccc3c4ccccc4n(-c4ccccc4)c3c21.N=C(N)c1ccc(-c2ccccc2)cc1. The monoisotopic (exact) mass is 890 g/mol. The summed E-state index contributed by atoms with van der Waals surface area (Å²) in [6.07, 6.45) is 6.84. The molecule has 4 heterocycles. The van der Waals surface area contributed by atoms with Gasteiger partial charge in [0.15, 0.2) is 0 Å². The number of para-hydroxylation sites is 5. The van der Waals surface area contributed by atoms with Gasteiger partial charge in [-0.1, -0.05) is 176 Å². The van der Waals surface area contributed by atoms with E-state index >= 15 is 0 Å². The van der Waals surface area contributed by atoms with Crippen molar-refractivity contribution in [1.82, 2.24) is 18.3 Å². The fourth-order valence-electron chi connectivity index (χ4n) is 10.8. The van der Waals surface area contributed by atoms with Crippen LogP contribution in [0.15, 0.2) is 218 Å². The normalized spacial score (nSPS) is 12.1. The van der Waals surface area contributed by atoms with Crippen LogP contribution in [0.5, 0.6) is 0 Å². The Kier molecular flexibility index (Phi) is 10.3. The number of benzene rings is 9. The molecule has 0 bridgehead atoms.